The largest absolute Gasteiger partial charge is 0.319 e. The van der Waals surface area contributed by atoms with Gasteiger partial charge in [-0.3, -0.25) is 0 Å². The SMILES string of the molecule is CC(C)(C)c1nnc(C2(N)CCC2)s1. The van der Waals surface area contributed by atoms with Gasteiger partial charge in [0.1, 0.15) is 10.0 Å². The molecule has 1 aromatic heterocycles. The van der Waals surface area contributed by atoms with Crippen LogP contribution in [-0.2, 0) is 11.0 Å². The molecule has 1 aliphatic carbocycles. The molecule has 1 aromatic rings. The van der Waals surface area contributed by atoms with Gasteiger partial charge in [0, 0.05) is 5.41 Å². The van der Waals surface area contributed by atoms with E-state index in [-0.39, 0.29) is 11.0 Å². The molecule has 3 nitrogen and oxygen atoms in total. The second-order valence-electron chi connectivity index (χ2n) is 5.17. The summed E-state index contributed by atoms with van der Waals surface area (Å²) < 4.78 is 0. The smallest absolute Gasteiger partial charge is 0.137 e. The summed E-state index contributed by atoms with van der Waals surface area (Å²) in [5.41, 5.74) is 6.13. The van der Waals surface area contributed by atoms with Crippen LogP contribution in [0, 0.1) is 0 Å². The molecular formula is C10H17N3S. The molecule has 1 saturated carbocycles. The molecule has 0 bridgehead atoms. The zero-order chi connectivity index (χ0) is 10.4. The van der Waals surface area contributed by atoms with Gasteiger partial charge in [0.15, 0.2) is 0 Å². The van der Waals surface area contributed by atoms with Crippen LogP contribution in [0.5, 0.6) is 0 Å². The van der Waals surface area contributed by atoms with E-state index < -0.39 is 0 Å². The molecule has 0 saturated heterocycles. The summed E-state index contributed by atoms with van der Waals surface area (Å²) in [5, 5.41) is 10.6. The van der Waals surface area contributed by atoms with Crippen LogP contribution in [0.3, 0.4) is 0 Å². The van der Waals surface area contributed by atoms with E-state index >= 15 is 0 Å². The lowest BCUT2D eigenvalue weighted by Crippen LogP contribution is -2.43. The van der Waals surface area contributed by atoms with Crippen molar-refractivity contribution in [2.24, 2.45) is 5.73 Å². The molecule has 1 fully saturated rings. The number of rotatable bonds is 1. The molecule has 0 spiro atoms. The van der Waals surface area contributed by atoms with E-state index in [0.717, 1.165) is 22.9 Å². The maximum absolute atomic E-state index is 6.19. The monoisotopic (exact) mass is 211 g/mol. The minimum Gasteiger partial charge on any atom is -0.319 e. The van der Waals surface area contributed by atoms with Crippen LogP contribution >= 0.6 is 11.3 Å². The second kappa shape index (κ2) is 3.00. The van der Waals surface area contributed by atoms with Crippen LogP contribution < -0.4 is 5.73 Å². The zero-order valence-electron chi connectivity index (χ0n) is 9.00. The lowest BCUT2D eigenvalue weighted by atomic mass is 9.78. The van der Waals surface area contributed by atoms with Gasteiger partial charge in [-0.2, -0.15) is 0 Å². The fourth-order valence-electron chi connectivity index (χ4n) is 1.50. The van der Waals surface area contributed by atoms with Gasteiger partial charge in [-0.25, -0.2) is 0 Å². The van der Waals surface area contributed by atoms with Crippen molar-refractivity contribution < 1.29 is 0 Å². The fraction of sp³-hybridized carbons (Fsp3) is 0.800. The second-order valence-corrected chi connectivity index (χ2v) is 6.15. The average Bonchev–Trinajstić information content (AvgIpc) is 2.46. The van der Waals surface area contributed by atoms with E-state index in [9.17, 15) is 0 Å². The third-order valence-electron chi connectivity index (χ3n) is 2.74. The Morgan fingerprint density at radius 2 is 1.93 bits per heavy atom. The summed E-state index contributed by atoms with van der Waals surface area (Å²) in [6.45, 7) is 6.46. The Morgan fingerprint density at radius 3 is 2.29 bits per heavy atom. The van der Waals surface area contributed by atoms with Crippen molar-refractivity contribution in [2.45, 2.75) is 51.0 Å². The molecule has 14 heavy (non-hydrogen) atoms. The molecule has 1 aliphatic rings. The summed E-state index contributed by atoms with van der Waals surface area (Å²) in [7, 11) is 0. The number of hydrogen-bond donors (Lipinski definition) is 1. The number of nitrogens with zero attached hydrogens (tertiary/aromatic N) is 2. The molecule has 1 heterocycles. The predicted octanol–water partition coefficient (Wildman–Crippen LogP) is 2.17. The lowest BCUT2D eigenvalue weighted by molar-refractivity contribution is 0.251. The molecule has 2 N–H and O–H groups in total. The van der Waals surface area contributed by atoms with Gasteiger partial charge in [-0.1, -0.05) is 32.1 Å². The van der Waals surface area contributed by atoms with Crippen LogP contribution in [0.25, 0.3) is 0 Å². The average molecular weight is 211 g/mol. The highest BCUT2D eigenvalue weighted by atomic mass is 32.1. The quantitative estimate of drug-likeness (QED) is 0.774. The van der Waals surface area contributed by atoms with Gasteiger partial charge in [0.2, 0.25) is 0 Å². The van der Waals surface area contributed by atoms with Crippen LogP contribution in [0.2, 0.25) is 0 Å². The Hall–Kier alpha value is -0.480. The molecular weight excluding hydrogens is 194 g/mol. The molecule has 4 heteroatoms. The summed E-state index contributed by atoms with van der Waals surface area (Å²) in [4.78, 5) is 0. The van der Waals surface area contributed by atoms with Crippen molar-refractivity contribution in [3.63, 3.8) is 0 Å². The first kappa shape index (κ1) is 10.1. The van der Waals surface area contributed by atoms with Crippen LogP contribution in [-0.4, -0.2) is 10.2 Å². The van der Waals surface area contributed by atoms with Gasteiger partial charge >= 0.3 is 0 Å². The fourth-order valence-corrected chi connectivity index (χ4v) is 2.56. The molecule has 0 amide bonds. The molecule has 0 atom stereocenters. The highest BCUT2D eigenvalue weighted by Gasteiger charge is 2.38. The minimum atomic E-state index is -0.152. The first-order valence-electron chi connectivity index (χ1n) is 5.05. The third kappa shape index (κ3) is 1.57. The Kier molecular flexibility index (Phi) is 2.16. The van der Waals surface area contributed by atoms with Crippen molar-refractivity contribution in [1.82, 2.24) is 10.2 Å². The minimum absolute atomic E-state index is 0.0933. The Morgan fingerprint density at radius 1 is 1.29 bits per heavy atom. The summed E-state index contributed by atoms with van der Waals surface area (Å²) in [6, 6.07) is 0. The first-order chi connectivity index (χ1) is 6.42. The summed E-state index contributed by atoms with van der Waals surface area (Å²) >= 11 is 1.68. The van der Waals surface area contributed by atoms with Crippen molar-refractivity contribution >= 4 is 11.3 Å². The van der Waals surface area contributed by atoms with E-state index in [0.29, 0.717) is 0 Å². The molecule has 78 valence electrons. The zero-order valence-corrected chi connectivity index (χ0v) is 9.82. The maximum atomic E-state index is 6.19. The van der Waals surface area contributed by atoms with Crippen LogP contribution in [0.15, 0.2) is 0 Å². The van der Waals surface area contributed by atoms with Crippen LogP contribution in [0.4, 0.5) is 0 Å². The summed E-state index contributed by atoms with van der Waals surface area (Å²) in [6.07, 6.45) is 3.35. The van der Waals surface area contributed by atoms with E-state index in [2.05, 4.69) is 31.0 Å². The van der Waals surface area contributed by atoms with Gasteiger partial charge in [-0.15, -0.1) is 10.2 Å². The highest BCUT2D eigenvalue weighted by molar-refractivity contribution is 7.11. The molecule has 0 aliphatic heterocycles. The Bertz CT molecular complexity index is 333. The van der Waals surface area contributed by atoms with Crippen molar-refractivity contribution in [3.8, 4) is 0 Å². The van der Waals surface area contributed by atoms with Crippen LogP contribution in [0.1, 0.15) is 50.0 Å². The Labute approximate surface area is 88.7 Å². The molecule has 0 unspecified atom stereocenters. The lowest BCUT2D eigenvalue weighted by Gasteiger charge is -2.35. The number of nitrogens with two attached hydrogens (primary N) is 1. The summed E-state index contributed by atoms with van der Waals surface area (Å²) in [5.74, 6) is 0. The standard InChI is InChI=1S/C10H17N3S/c1-9(2,3)7-12-13-8(14-7)10(11)5-4-6-10/h4-6,11H2,1-3H3. The van der Waals surface area contributed by atoms with Gasteiger partial charge in [0.05, 0.1) is 5.54 Å². The topological polar surface area (TPSA) is 51.8 Å². The first-order valence-corrected chi connectivity index (χ1v) is 5.87. The number of aromatic nitrogens is 2. The molecule has 0 radical (unpaired) electrons. The molecule has 2 rings (SSSR count). The maximum Gasteiger partial charge on any atom is 0.137 e. The third-order valence-corrected chi connectivity index (χ3v) is 4.31. The highest BCUT2D eigenvalue weighted by Crippen LogP contribution is 2.41. The van der Waals surface area contributed by atoms with Crippen molar-refractivity contribution in [1.29, 1.82) is 0 Å². The van der Waals surface area contributed by atoms with E-state index in [1.807, 2.05) is 0 Å². The van der Waals surface area contributed by atoms with Gasteiger partial charge in [-0.05, 0) is 19.3 Å². The molecule has 0 aromatic carbocycles. The Balaban J connectivity index is 2.26. The predicted molar refractivity (Wildman–Crippen MR) is 58.3 cm³/mol. The van der Waals surface area contributed by atoms with E-state index in [1.54, 1.807) is 11.3 Å². The normalized spacial score (nSPS) is 20.6. The van der Waals surface area contributed by atoms with Crippen molar-refractivity contribution in [3.05, 3.63) is 10.0 Å². The van der Waals surface area contributed by atoms with Gasteiger partial charge in [0.25, 0.3) is 0 Å². The van der Waals surface area contributed by atoms with Gasteiger partial charge < -0.3 is 5.73 Å². The van der Waals surface area contributed by atoms with E-state index in [4.69, 9.17) is 5.73 Å². The van der Waals surface area contributed by atoms with Crippen molar-refractivity contribution in [2.75, 3.05) is 0 Å². The van der Waals surface area contributed by atoms with E-state index in [1.165, 1.54) is 6.42 Å². The number of hydrogen-bond acceptors (Lipinski definition) is 4.